The predicted octanol–water partition coefficient (Wildman–Crippen LogP) is 4.72. The summed E-state index contributed by atoms with van der Waals surface area (Å²) in [5.41, 5.74) is 3.07. The molecule has 2 atom stereocenters. The van der Waals surface area contributed by atoms with Crippen molar-refractivity contribution in [3.8, 4) is 5.75 Å². The molecule has 5 nitrogen and oxygen atoms in total. The third kappa shape index (κ3) is 6.81. The number of nitrogens with one attached hydrogen (secondary N) is 1. The molecule has 0 aliphatic rings. The number of halogens is 3. The molecule has 0 radical (unpaired) electrons. The standard InChI is InChI=1S/C21H22F3NO4/c1-12-8-13(2)10-15(9-12)11-18(20(27)28)14(3)19(26)25-16-4-6-17(7-5-16)29-21(22,23)24/h4-10,14,18H,11H2,1-3H3,(H,25,26)(H,27,28). The first kappa shape index (κ1) is 22.3. The van der Waals surface area contributed by atoms with Gasteiger partial charge in [-0.05, 0) is 50.1 Å². The minimum absolute atomic E-state index is 0.185. The fraction of sp³-hybridized carbons (Fsp3) is 0.333. The zero-order valence-electron chi connectivity index (χ0n) is 16.2. The Morgan fingerprint density at radius 3 is 2.10 bits per heavy atom. The maximum Gasteiger partial charge on any atom is 0.573 e. The van der Waals surface area contributed by atoms with Crippen LogP contribution in [-0.4, -0.2) is 23.3 Å². The van der Waals surface area contributed by atoms with E-state index < -0.39 is 35.8 Å². The third-order valence-corrected chi connectivity index (χ3v) is 4.43. The molecule has 0 aliphatic carbocycles. The van der Waals surface area contributed by atoms with Gasteiger partial charge in [0.25, 0.3) is 0 Å². The number of aliphatic carboxylic acids is 1. The molecule has 0 bridgehead atoms. The highest BCUT2D eigenvalue weighted by Gasteiger charge is 2.32. The molecule has 2 N–H and O–H groups in total. The van der Waals surface area contributed by atoms with Crippen molar-refractivity contribution in [2.75, 3.05) is 5.32 Å². The molecule has 0 aliphatic heterocycles. The summed E-state index contributed by atoms with van der Waals surface area (Å²) in [6, 6.07) is 10.4. The average molecular weight is 409 g/mol. The minimum atomic E-state index is -4.80. The summed E-state index contributed by atoms with van der Waals surface area (Å²) >= 11 is 0. The van der Waals surface area contributed by atoms with Crippen molar-refractivity contribution in [2.45, 2.75) is 33.6 Å². The summed E-state index contributed by atoms with van der Waals surface area (Å²) in [6.07, 6.45) is -4.62. The monoisotopic (exact) mass is 409 g/mol. The van der Waals surface area contributed by atoms with Gasteiger partial charge >= 0.3 is 12.3 Å². The number of ether oxygens (including phenoxy) is 1. The van der Waals surface area contributed by atoms with E-state index in [1.165, 1.54) is 19.1 Å². The Balaban J connectivity index is 2.08. The van der Waals surface area contributed by atoms with Crippen LogP contribution in [0.5, 0.6) is 5.75 Å². The lowest BCUT2D eigenvalue weighted by Crippen LogP contribution is -2.33. The Morgan fingerprint density at radius 1 is 1.07 bits per heavy atom. The number of hydrogen-bond acceptors (Lipinski definition) is 3. The Morgan fingerprint density at radius 2 is 1.62 bits per heavy atom. The van der Waals surface area contributed by atoms with Crippen LogP contribution in [0.15, 0.2) is 42.5 Å². The molecule has 0 saturated carbocycles. The van der Waals surface area contributed by atoms with Gasteiger partial charge in [-0.3, -0.25) is 9.59 Å². The van der Waals surface area contributed by atoms with Crippen molar-refractivity contribution in [3.63, 3.8) is 0 Å². The highest BCUT2D eigenvalue weighted by molar-refractivity contribution is 5.95. The van der Waals surface area contributed by atoms with E-state index in [0.717, 1.165) is 28.8 Å². The van der Waals surface area contributed by atoms with Gasteiger partial charge in [-0.1, -0.05) is 36.2 Å². The molecule has 29 heavy (non-hydrogen) atoms. The predicted molar refractivity (Wildman–Crippen MR) is 102 cm³/mol. The first-order valence-corrected chi connectivity index (χ1v) is 8.91. The molecule has 2 rings (SSSR count). The number of carbonyl (C=O) groups excluding carboxylic acids is 1. The number of rotatable bonds is 7. The number of aryl methyl sites for hydroxylation is 2. The molecule has 0 spiro atoms. The molecule has 2 unspecified atom stereocenters. The second-order valence-electron chi connectivity index (χ2n) is 6.99. The molecule has 156 valence electrons. The fourth-order valence-corrected chi connectivity index (χ4v) is 3.10. The van der Waals surface area contributed by atoms with Gasteiger partial charge in [-0.25, -0.2) is 0 Å². The second kappa shape index (κ2) is 8.98. The molecule has 0 aromatic heterocycles. The molecule has 0 saturated heterocycles. The van der Waals surface area contributed by atoms with Gasteiger partial charge in [0.2, 0.25) is 5.91 Å². The number of carboxylic acid groups (broad SMARTS) is 1. The van der Waals surface area contributed by atoms with Crippen LogP contribution >= 0.6 is 0 Å². The maximum atomic E-state index is 12.5. The van der Waals surface area contributed by atoms with Crippen LogP contribution < -0.4 is 10.1 Å². The molecule has 2 aromatic rings. The molecular weight excluding hydrogens is 387 g/mol. The van der Waals surface area contributed by atoms with E-state index in [1.54, 1.807) is 0 Å². The normalized spacial score (nSPS) is 13.4. The highest BCUT2D eigenvalue weighted by atomic mass is 19.4. The van der Waals surface area contributed by atoms with Crippen LogP contribution in [0.1, 0.15) is 23.6 Å². The van der Waals surface area contributed by atoms with Crippen LogP contribution in [0.3, 0.4) is 0 Å². The van der Waals surface area contributed by atoms with Crippen molar-refractivity contribution in [2.24, 2.45) is 11.8 Å². The number of carboxylic acids is 1. The largest absolute Gasteiger partial charge is 0.573 e. The van der Waals surface area contributed by atoms with E-state index in [9.17, 15) is 27.9 Å². The van der Waals surface area contributed by atoms with E-state index in [-0.39, 0.29) is 12.1 Å². The first-order valence-electron chi connectivity index (χ1n) is 8.91. The van der Waals surface area contributed by atoms with Crippen LogP contribution in [0.4, 0.5) is 18.9 Å². The van der Waals surface area contributed by atoms with Gasteiger partial charge in [0.1, 0.15) is 5.75 Å². The molecule has 0 fully saturated rings. The quantitative estimate of drug-likeness (QED) is 0.694. The average Bonchev–Trinajstić information content (AvgIpc) is 2.58. The summed E-state index contributed by atoms with van der Waals surface area (Å²) in [6.45, 7) is 5.33. The van der Waals surface area contributed by atoms with E-state index in [2.05, 4.69) is 10.1 Å². The van der Waals surface area contributed by atoms with Gasteiger partial charge in [0, 0.05) is 11.6 Å². The van der Waals surface area contributed by atoms with Crippen molar-refractivity contribution < 1.29 is 32.6 Å². The van der Waals surface area contributed by atoms with E-state index in [0.29, 0.717) is 0 Å². The smallest absolute Gasteiger partial charge is 0.481 e. The Kier molecular flexibility index (Phi) is 6.89. The second-order valence-corrected chi connectivity index (χ2v) is 6.99. The Hall–Kier alpha value is -3.03. The lowest BCUT2D eigenvalue weighted by atomic mass is 9.86. The maximum absolute atomic E-state index is 12.5. The first-order chi connectivity index (χ1) is 13.4. The molecule has 8 heteroatoms. The van der Waals surface area contributed by atoms with Crippen molar-refractivity contribution in [1.29, 1.82) is 0 Å². The third-order valence-electron chi connectivity index (χ3n) is 4.43. The SMILES string of the molecule is Cc1cc(C)cc(CC(C(=O)O)C(C)C(=O)Nc2ccc(OC(F)(F)F)cc2)c1. The summed E-state index contributed by atoms with van der Waals surface area (Å²) in [5.74, 6) is -3.86. The van der Waals surface area contributed by atoms with Crippen LogP contribution in [0.2, 0.25) is 0 Å². The number of amides is 1. The summed E-state index contributed by atoms with van der Waals surface area (Å²) < 4.78 is 40.4. The Bertz CT molecular complexity index is 858. The topological polar surface area (TPSA) is 75.6 Å². The van der Waals surface area contributed by atoms with Gasteiger partial charge < -0.3 is 15.2 Å². The van der Waals surface area contributed by atoms with Crippen LogP contribution in [0.25, 0.3) is 0 Å². The molecule has 2 aromatic carbocycles. The zero-order valence-corrected chi connectivity index (χ0v) is 16.2. The van der Waals surface area contributed by atoms with E-state index >= 15 is 0 Å². The lowest BCUT2D eigenvalue weighted by Gasteiger charge is -2.20. The van der Waals surface area contributed by atoms with Gasteiger partial charge in [-0.2, -0.15) is 0 Å². The van der Waals surface area contributed by atoms with Gasteiger partial charge in [-0.15, -0.1) is 13.2 Å². The summed E-state index contributed by atoms with van der Waals surface area (Å²) in [5, 5.41) is 12.1. The fourth-order valence-electron chi connectivity index (χ4n) is 3.10. The lowest BCUT2D eigenvalue weighted by molar-refractivity contribution is -0.274. The Labute approximate surface area is 166 Å². The number of anilines is 1. The number of carbonyl (C=O) groups is 2. The number of alkyl halides is 3. The van der Waals surface area contributed by atoms with Gasteiger partial charge in [0.05, 0.1) is 5.92 Å². The minimum Gasteiger partial charge on any atom is -0.481 e. The van der Waals surface area contributed by atoms with Crippen molar-refractivity contribution in [1.82, 2.24) is 0 Å². The summed E-state index contributed by atoms with van der Waals surface area (Å²) in [7, 11) is 0. The number of hydrogen-bond donors (Lipinski definition) is 2. The molecular formula is C21H22F3NO4. The van der Waals surface area contributed by atoms with E-state index in [4.69, 9.17) is 0 Å². The van der Waals surface area contributed by atoms with Crippen LogP contribution in [0, 0.1) is 25.7 Å². The molecule has 0 heterocycles. The van der Waals surface area contributed by atoms with Gasteiger partial charge in [0.15, 0.2) is 0 Å². The zero-order chi connectivity index (χ0) is 21.8. The van der Waals surface area contributed by atoms with E-state index in [1.807, 2.05) is 32.0 Å². The highest BCUT2D eigenvalue weighted by Crippen LogP contribution is 2.25. The number of benzene rings is 2. The van der Waals surface area contributed by atoms with Crippen molar-refractivity contribution in [3.05, 3.63) is 59.2 Å². The molecule has 1 amide bonds. The van der Waals surface area contributed by atoms with Crippen LogP contribution in [-0.2, 0) is 16.0 Å². The van der Waals surface area contributed by atoms with Crippen molar-refractivity contribution >= 4 is 17.6 Å². The summed E-state index contributed by atoms with van der Waals surface area (Å²) in [4.78, 5) is 24.3.